The highest BCUT2D eigenvalue weighted by atomic mass is 35.5. The van der Waals surface area contributed by atoms with Gasteiger partial charge in [0, 0.05) is 17.5 Å². The average molecular weight is 372 g/mol. The van der Waals surface area contributed by atoms with E-state index in [0.29, 0.717) is 22.0 Å². The van der Waals surface area contributed by atoms with E-state index in [0.717, 1.165) is 23.1 Å². The third-order valence-corrected chi connectivity index (χ3v) is 4.38. The Balaban J connectivity index is 2.30. The van der Waals surface area contributed by atoms with Crippen LogP contribution in [0.15, 0.2) is 30.3 Å². The molecule has 0 bridgehead atoms. The van der Waals surface area contributed by atoms with Crippen molar-refractivity contribution in [1.82, 2.24) is 15.0 Å². The molecule has 1 aromatic heterocycles. The molecule has 3 aromatic rings. The van der Waals surface area contributed by atoms with Crippen molar-refractivity contribution in [2.24, 2.45) is 0 Å². The summed E-state index contributed by atoms with van der Waals surface area (Å²) < 4.78 is 5.61. The quantitative estimate of drug-likeness (QED) is 0.487. The number of carbonyl (C=O) groups is 1. The summed E-state index contributed by atoms with van der Waals surface area (Å²) in [4.78, 5) is 13.3. The number of carbonyl (C=O) groups excluding carboxylic acids is 1. The van der Waals surface area contributed by atoms with Crippen LogP contribution in [-0.2, 0) is 16.6 Å². The molecule has 2 aromatic carbocycles. The topological polar surface area (TPSA) is 57.0 Å². The number of aromatic nitrogens is 3. The predicted molar refractivity (Wildman–Crippen MR) is 103 cm³/mol. The summed E-state index contributed by atoms with van der Waals surface area (Å²) in [5.74, 6) is 0.120. The van der Waals surface area contributed by atoms with Gasteiger partial charge in [-0.25, -0.2) is 0 Å². The molecule has 0 atom stereocenters. The summed E-state index contributed by atoms with van der Waals surface area (Å²) in [5.41, 5.74) is 3.92. The average Bonchev–Trinajstić information content (AvgIpc) is 2.96. The molecule has 1 heterocycles. The summed E-state index contributed by atoms with van der Waals surface area (Å²) in [6, 6.07) is 9.41. The molecule has 136 valence electrons. The van der Waals surface area contributed by atoms with Crippen LogP contribution in [-0.4, -0.2) is 21.0 Å². The lowest BCUT2D eigenvalue weighted by atomic mass is 9.84. The van der Waals surface area contributed by atoms with Crippen LogP contribution in [0.25, 0.3) is 16.7 Å². The van der Waals surface area contributed by atoms with Crippen LogP contribution in [0.1, 0.15) is 45.7 Å². The molecule has 0 saturated heterocycles. The number of esters is 1. The summed E-state index contributed by atoms with van der Waals surface area (Å²) >= 11 is 6.06. The van der Waals surface area contributed by atoms with Gasteiger partial charge >= 0.3 is 5.97 Å². The van der Waals surface area contributed by atoms with Crippen molar-refractivity contribution >= 4 is 28.6 Å². The van der Waals surface area contributed by atoms with Crippen molar-refractivity contribution < 1.29 is 9.53 Å². The molecule has 0 N–H and O–H groups in total. The first-order chi connectivity index (χ1) is 12.2. The minimum Gasteiger partial charge on any atom is -0.424 e. The summed E-state index contributed by atoms with van der Waals surface area (Å²) in [6.07, 6.45) is 0.850. The SMILES string of the molecule is CCc1cc(-n2nc3ccc(Cl)cc3n2)c(OC(C)=O)c(C(C)(C)C)c1. The Morgan fingerprint density at radius 1 is 1.15 bits per heavy atom. The van der Waals surface area contributed by atoms with Gasteiger partial charge in [0.25, 0.3) is 0 Å². The molecule has 0 spiro atoms. The van der Waals surface area contributed by atoms with Crippen molar-refractivity contribution in [3.8, 4) is 11.4 Å². The summed E-state index contributed by atoms with van der Waals surface area (Å²) in [6.45, 7) is 9.75. The molecule has 0 radical (unpaired) electrons. The van der Waals surface area contributed by atoms with Crippen LogP contribution < -0.4 is 4.74 Å². The number of hydrogen-bond acceptors (Lipinski definition) is 4. The van der Waals surface area contributed by atoms with Gasteiger partial charge in [0.15, 0.2) is 5.75 Å². The third-order valence-electron chi connectivity index (χ3n) is 4.15. The molecule has 0 aliphatic heterocycles. The normalized spacial score (nSPS) is 11.8. The zero-order valence-corrected chi connectivity index (χ0v) is 16.4. The maximum Gasteiger partial charge on any atom is 0.308 e. The van der Waals surface area contributed by atoms with Gasteiger partial charge in [-0.1, -0.05) is 45.4 Å². The van der Waals surface area contributed by atoms with Crippen LogP contribution in [0.2, 0.25) is 5.02 Å². The van der Waals surface area contributed by atoms with E-state index in [2.05, 4.69) is 44.0 Å². The Morgan fingerprint density at radius 3 is 2.46 bits per heavy atom. The standard InChI is InChI=1S/C20H22ClN3O2/c1-6-13-9-15(20(3,4)5)19(26-12(2)25)18(10-13)24-22-16-8-7-14(21)11-17(16)23-24/h7-11H,6H2,1-5H3. The minimum absolute atomic E-state index is 0.208. The Morgan fingerprint density at radius 2 is 1.85 bits per heavy atom. The van der Waals surface area contributed by atoms with E-state index in [1.807, 2.05) is 12.1 Å². The molecule has 5 nitrogen and oxygen atoms in total. The lowest BCUT2D eigenvalue weighted by Gasteiger charge is -2.24. The highest BCUT2D eigenvalue weighted by molar-refractivity contribution is 6.31. The molecule has 26 heavy (non-hydrogen) atoms. The van der Waals surface area contributed by atoms with Gasteiger partial charge in [-0.05, 0) is 41.7 Å². The van der Waals surface area contributed by atoms with Crippen molar-refractivity contribution in [1.29, 1.82) is 0 Å². The Kier molecular flexibility index (Phi) is 4.76. The first-order valence-electron chi connectivity index (χ1n) is 8.58. The largest absolute Gasteiger partial charge is 0.424 e. The number of aryl methyl sites for hydroxylation is 1. The molecule has 0 aliphatic rings. The van der Waals surface area contributed by atoms with Gasteiger partial charge in [-0.2, -0.15) is 0 Å². The van der Waals surface area contributed by atoms with Gasteiger partial charge in [-0.3, -0.25) is 4.79 Å². The number of ether oxygens (including phenoxy) is 1. The van der Waals surface area contributed by atoms with E-state index >= 15 is 0 Å². The minimum atomic E-state index is -0.374. The Bertz CT molecular complexity index is 987. The zero-order valence-electron chi connectivity index (χ0n) is 15.6. The summed E-state index contributed by atoms with van der Waals surface area (Å²) in [5, 5.41) is 9.69. The zero-order chi connectivity index (χ0) is 19.1. The van der Waals surface area contributed by atoms with E-state index in [1.165, 1.54) is 11.7 Å². The molecule has 0 aliphatic carbocycles. The second-order valence-electron chi connectivity index (χ2n) is 7.31. The molecule has 3 rings (SSSR count). The maximum absolute atomic E-state index is 11.8. The van der Waals surface area contributed by atoms with Crippen molar-refractivity contribution in [3.63, 3.8) is 0 Å². The van der Waals surface area contributed by atoms with E-state index in [4.69, 9.17) is 16.3 Å². The molecule has 0 fully saturated rings. The van der Waals surface area contributed by atoms with Crippen molar-refractivity contribution in [2.75, 3.05) is 0 Å². The van der Waals surface area contributed by atoms with Crippen LogP contribution in [0, 0.1) is 0 Å². The predicted octanol–water partition coefficient (Wildman–Crippen LogP) is 4.86. The molecule has 0 saturated carbocycles. The number of hydrogen-bond donors (Lipinski definition) is 0. The highest BCUT2D eigenvalue weighted by Crippen LogP contribution is 2.37. The lowest BCUT2D eigenvalue weighted by molar-refractivity contribution is -0.131. The van der Waals surface area contributed by atoms with Gasteiger partial charge in [0.2, 0.25) is 0 Å². The highest BCUT2D eigenvalue weighted by Gasteiger charge is 2.25. The van der Waals surface area contributed by atoms with Gasteiger partial charge < -0.3 is 4.74 Å². The lowest BCUT2D eigenvalue weighted by Crippen LogP contribution is -2.18. The fourth-order valence-electron chi connectivity index (χ4n) is 2.83. The first kappa shape index (κ1) is 18.4. The van der Waals surface area contributed by atoms with Crippen molar-refractivity contribution in [2.45, 2.75) is 46.5 Å². The molecular formula is C20H22ClN3O2. The molecule has 0 unspecified atom stereocenters. The Labute approximate surface area is 157 Å². The van der Waals surface area contributed by atoms with E-state index in [1.54, 1.807) is 12.1 Å². The van der Waals surface area contributed by atoms with Crippen LogP contribution in [0.4, 0.5) is 0 Å². The van der Waals surface area contributed by atoms with Crippen LogP contribution >= 0.6 is 11.6 Å². The van der Waals surface area contributed by atoms with Crippen LogP contribution in [0.3, 0.4) is 0 Å². The number of rotatable bonds is 3. The van der Waals surface area contributed by atoms with Gasteiger partial charge in [-0.15, -0.1) is 15.0 Å². The van der Waals surface area contributed by atoms with E-state index < -0.39 is 0 Å². The van der Waals surface area contributed by atoms with E-state index in [9.17, 15) is 4.79 Å². The smallest absolute Gasteiger partial charge is 0.308 e. The second kappa shape index (κ2) is 6.72. The number of nitrogens with zero attached hydrogens (tertiary/aromatic N) is 3. The van der Waals surface area contributed by atoms with Gasteiger partial charge in [0.05, 0.1) is 0 Å². The van der Waals surface area contributed by atoms with Gasteiger partial charge in [0.1, 0.15) is 16.7 Å². The maximum atomic E-state index is 11.8. The van der Waals surface area contributed by atoms with Crippen molar-refractivity contribution in [3.05, 3.63) is 46.5 Å². The van der Waals surface area contributed by atoms with E-state index in [-0.39, 0.29) is 11.4 Å². The number of benzene rings is 2. The monoisotopic (exact) mass is 371 g/mol. The second-order valence-corrected chi connectivity index (χ2v) is 7.75. The molecule has 6 heteroatoms. The Hall–Kier alpha value is -2.40. The van der Waals surface area contributed by atoms with Crippen LogP contribution in [0.5, 0.6) is 5.75 Å². The fraction of sp³-hybridized carbons (Fsp3) is 0.350. The number of halogens is 1. The molecule has 0 amide bonds. The summed E-state index contributed by atoms with van der Waals surface area (Å²) in [7, 11) is 0. The number of fused-ring (bicyclic) bond motifs is 1. The third kappa shape index (κ3) is 3.58. The molecular weight excluding hydrogens is 350 g/mol. The fourth-order valence-corrected chi connectivity index (χ4v) is 2.99. The first-order valence-corrected chi connectivity index (χ1v) is 8.95.